The Hall–Kier alpha value is -0.440. The van der Waals surface area contributed by atoms with Crippen LogP contribution in [0.1, 0.15) is 58.1 Å². The number of hydrogen-bond acceptors (Lipinski definition) is 2. The van der Waals surface area contributed by atoms with Gasteiger partial charge in [-0.3, -0.25) is 0 Å². The van der Waals surface area contributed by atoms with Gasteiger partial charge in [0.05, 0.1) is 0 Å². The molecule has 0 fully saturated rings. The molecule has 0 saturated heterocycles. The molecule has 0 heterocycles. The second kappa shape index (κ2) is 12.0. The first-order chi connectivity index (χ1) is 10.7. The van der Waals surface area contributed by atoms with Gasteiger partial charge in [0, 0.05) is 24.8 Å². The molecule has 2 nitrogen and oxygen atoms in total. The van der Waals surface area contributed by atoms with E-state index in [9.17, 15) is 0 Å². The van der Waals surface area contributed by atoms with Crippen molar-refractivity contribution in [3.05, 3.63) is 29.3 Å². The quantitative estimate of drug-likeness (QED) is 0.604. The lowest BCUT2D eigenvalue weighted by Gasteiger charge is -2.36. The Morgan fingerprint density at radius 2 is 1.58 bits per heavy atom. The Kier molecular flexibility index (Phi) is 11.8. The van der Waals surface area contributed by atoms with Gasteiger partial charge in [-0.15, -0.1) is 24.8 Å². The van der Waals surface area contributed by atoms with Crippen molar-refractivity contribution < 1.29 is 0 Å². The van der Waals surface area contributed by atoms with E-state index in [0.717, 1.165) is 19.1 Å². The molecule has 1 aromatic carbocycles. The average Bonchev–Trinajstić information content (AvgIpc) is 2.55. The van der Waals surface area contributed by atoms with Crippen LogP contribution in [0.15, 0.2) is 18.2 Å². The Labute approximate surface area is 161 Å². The number of halogens is 2. The van der Waals surface area contributed by atoms with Crippen molar-refractivity contribution in [1.82, 2.24) is 4.90 Å². The van der Waals surface area contributed by atoms with Gasteiger partial charge in [-0.25, -0.2) is 0 Å². The van der Waals surface area contributed by atoms with Crippen molar-refractivity contribution in [2.45, 2.75) is 65.8 Å². The molecule has 0 radical (unpaired) electrons. The molecule has 140 valence electrons. The molecule has 1 aliphatic carbocycles. The van der Waals surface area contributed by atoms with Gasteiger partial charge in [-0.2, -0.15) is 0 Å². The van der Waals surface area contributed by atoms with Gasteiger partial charge in [-0.05, 0) is 76.2 Å². The monoisotopic (exact) mass is 374 g/mol. The summed E-state index contributed by atoms with van der Waals surface area (Å²) in [5, 5.41) is 0. The first kappa shape index (κ1) is 23.6. The molecule has 1 atom stereocenters. The highest BCUT2D eigenvalue weighted by Gasteiger charge is 2.25. The fourth-order valence-electron chi connectivity index (χ4n) is 3.99. The third-order valence-electron chi connectivity index (χ3n) is 5.07. The van der Waals surface area contributed by atoms with Crippen LogP contribution in [0.3, 0.4) is 0 Å². The van der Waals surface area contributed by atoms with Gasteiger partial charge < -0.3 is 9.80 Å². The van der Waals surface area contributed by atoms with E-state index in [1.807, 2.05) is 0 Å². The van der Waals surface area contributed by atoms with E-state index in [-0.39, 0.29) is 24.8 Å². The zero-order valence-electron chi connectivity index (χ0n) is 15.9. The van der Waals surface area contributed by atoms with Gasteiger partial charge in [0.25, 0.3) is 0 Å². The molecule has 2 rings (SSSR count). The number of nitrogens with zero attached hydrogens (tertiary/aromatic N) is 2. The molecule has 1 unspecified atom stereocenters. The third kappa shape index (κ3) is 5.54. The van der Waals surface area contributed by atoms with E-state index in [1.54, 1.807) is 11.1 Å². The van der Waals surface area contributed by atoms with E-state index >= 15 is 0 Å². The Morgan fingerprint density at radius 1 is 0.958 bits per heavy atom. The standard InChI is InChI=1S/C20H34N2.2ClH/c1-5-14-22(15-6-2)18-12-13-19-17(16-18)10-9-11-20(19)21(7-3)8-4;;/h9-11,18H,5-8,12-16H2,1-4H3;2*1H. The van der Waals surface area contributed by atoms with Crippen molar-refractivity contribution in [2.24, 2.45) is 0 Å². The van der Waals surface area contributed by atoms with Crippen LogP contribution in [-0.4, -0.2) is 37.1 Å². The first-order valence-electron chi connectivity index (χ1n) is 9.34. The number of benzene rings is 1. The van der Waals surface area contributed by atoms with Crippen LogP contribution in [0.2, 0.25) is 0 Å². The van der Waals surface area contributed by atoms with Gasteiger partial charge >= 0.3 is 0 Å². The lowest BCUT2D eigenvalue weighted by Crippen LogP contribution is -2.40. The third-order valence-corrected chi connectivity index (χ3v) is 5.07. The van der Waals surface area contributed by atoms with E-state index in [4.69, 9.17) is 0 Å². The minimum atomic E-state index is 0. The van der Waals surface area contributed by atoms with Crippen molar-refractivity contribution in [1.29, 1.82) is 0 Å². The number of hydrogen-bond donors (Lipinski definition) is 0. The molecular formula is C20H36Cl2N2. The van der Waals surface area contributed by atoms with Crippen molar-refractivity contribution in [3.8, 4) is 0 Å². The number of anilines is 1. The van der Waals surface area contributed by atoms with E-state index in [1.165, 1.54) is 50.9 Å². The molecule has 0 aromatic heterocycles. The highest BCUT2D eigenvalue weighted by Crippen LogP contribution is 2.32. The van der Waals surface area contributed by atoms with Crippen LogP contribution in [0.4, 0.5) is 5.69 Å². The van der Waals surface area contributed by atoms with Crippen LogP contribution < -0.4 is 4.90 Å². The van der Waals surface area contributed by atoms with Gasteiger partial charge in [0.15, 0.2) is 0 Å². The SMILES string of the molecule is CCCN(CCC)C1CCc2c(cccc2N(CC)CC)C1.Cl.Cl. The second-order valence-corrected chi connectivity index (χ2v) is 6.52. The molecule has 0 spiro atoms. The van der Waals surface area contributed by atoms with Gasteiger partial charge in [0.2, 0.25) is 0 Å². The van der Waals surface area contributed by atoms with Gasteiger partial charge in [-0.1, -0.05) is 26.0 Å². The Bertz CT molecular complexity index is 455. The number of fused-ring (bicyclic) bond motifs is 1. The topological polar surface area (TPSA) is 6.48 Å². The maximum atomic E-state index is 2.73. The minimum absolute atomic E-state index is 0. The van der Waals surface area contributed by atoms with Crippen molar-refractivity contribution in [2.75, 3.05) is 31.1 Å². The summed E-state index contributed by atoms with van der Waals surface area (Å²) in [5.74, 6) is 0. The summed E-state index contributed by atoms with van der Waals surface area (Å²) in [6.07, 6.45) is 6.35. The summed E-state index contributed by atoms with van der Waals surface area (Å²) in [7, 11) is 0. The van der Waals surface area contributed by atoms with Crippen molar-refractivity contribution >= 4 is 30.5 Å². The number of rotatable bonds is 8. The fourth-order valence-corrected chi connectivity index (χ4v) is 3.99. The zero-order chi connectivity index (χ0) is 15.9. The summed E-state index contributed by atoms with van der Waals surface area (Å²) < 4.78 is 0. The summed E-state index contributed by atoms with van der Waals surface area (Å²) in [6, 6.07) is 7.70. The molecule has 4 heteroatoms. The fraction of sp³-hybridized carbons (Fsp3) is 0.700. The summed E-state index contributed by atoms with van der Waals surface area (Å²) >= 11 is 0. The lowest BCUT2D eigenvalue weighted by molar-refractivity contribution is 0.180. The predicted octanol–water partition coefficient (Wildman–Crippen LogP) is 5.36. The zero-order valence-corrected chi connectivity index (χ0v) is 17.5. The summed E-state index contributed by atoms with van der Waals surface area (Å²) in [6.45, 7) is 13.9. The minimum Gasteiger partial charge on any atom is -0.372 e. The van der Waals surface area contributed by atoms with Crippen LogP contribution in [0, 0.1) is 0 Å². The van der Waals surface area contributed by atoms with Crippen molar-refractivity contribution in [3.63, 3.8) is 0 Å². The van der Waals surface area contributed by atoms with Crippen LogP contribution in [0.25, 0.3) is 0 Å². The van der Waals surface area contributed by atoms with E-state index in [2.05, 4.69) is 55.7 Å². The normalized spacial score (nSPS) is 16.1. The van der Waals surface area contributed by atoms with Crippen LogP contribution in [0.5, 0.6) is 0 Å². The Balaban J connectivity index is 0.00000264. The highest BCUT2D eigenvalue weighted by atomic mass is 35.5. The molecule has 0 aliphatic heterocycles. The molecule has 1 aromatic rings. The summed E-state index contributed by atoms with van der Waals surface area (Å²) in [4.78, 5) is 5.24. The molecule has 0 amide bonds. The van der Waals surface area contributed by atoms with Crippen LogP contribution >= 0.6 is 24.8 Å². The largest absolute Gasteiger partial charge is 0.372 e. The maximum Gasteiger partial charge on any atom is 0.0401 e. The van der Waals surface area contributed by atoms with E-state index in [0.29, 0.717) is 0 Å². The Morgan fingerprint density at radius 3 is 2.12 bits per heavy atom. The second-order valence-electron chi connectivity index (χ2n) is 6.52. The average molecular weight is 375 g/mol. The predicted molar refractivity (Wildman–Crippen MR) is 112 cm³/mol. The van der Waals surface area contributed by atoms with Gasteiger partial charge in [0.1, 0.15) is 0 Å². The van der Waals surface area contributed by atoms with E-state index < -0.39 is 0 Å². The molecule has 0 bridgehead atoms. The molecule has 1 aliphatic rings. The van der Waals surface area contributed by atoms with Crippen LogP contribution in [-0.2, 0) is 12.8 Å². The molecule has 0 N–H and O–H groups in total. The molecule has 0 saturated carbocycles. The molecule has 24 heavy (non-hydrogen) atoms. The first-order valence-corrected chi connectivity index (χ1v) is 9.34. The smallest absolute Gasteiger partial charge is 0.0401 e. The maximum absolute atomic E-state index is 2.73. The molecular weight excluding hydrogens is 339 g/mol. The lowest BCUT2D eigenvalue weighted by atomic mass is 9.86. The highest BCUT2D eigenvalue weighted by molar-refractivity contribution is 5.85. The summed E-state index contributed by atoms with van der Waals surface area (Å²) in [5.41, 5.74) is 4.70.